The summed E-state index contributed by atoms with van der Waals surface area (Å²) in [5.74, 6) is 2.08. The van der Waals surface area contributed by atoms with Gasteiger partial charge in [-0.2, -0.15) is 0 Å². The van der Waals surface area contributed by atoms with Crippen LogP contribution in [0.2, 0.25) is 0 Å². The molecule has 196 valence electrons. The second-order valence-corrected chi connectivity index (χ2v) is 8.60. The third kappa shape index (κ3) is 5.77. The molecule has 3 heterocycles. The molecule has 2 aromatic heterocycles. The minimum absolute atomic E-state index is 0.346. The van der Waals surface area contributed by atoms with E-state index in [0.29, 0.717) is 46.2 Å². The summed E-state index contributed by atoms with van der Waals surface area (Å²) < 4.78 is 22.6. The zero-order valence-electron chi connectivity index (χ0n) is 21.1. The van der Waals surface area contributed by atoms with Crippen LogP contribution in [0.3, 0.4) is 0 Å². The van der Waals surface area contributed by atoms with Gasteiger partial charge in [-0.15, -0.1) is 0 Å². The van der Waals surface area contributed by atoms with E-state index >= 15 is 0 Å². The molecule has 0 saturated carbocycles. The predicted octanol–water partition coefficient (Wildman–Crippen LogP) is 4.48. The summed E-state index contributed by atoms with van der Waals surface area (Å²) in [4.78, 5) is 23.4. The number of nitrogens with one attached hydrogen (secondary N) is 2. The predicted molar refractivity (Wildman–Crippen MR) is 145 cm³/mol. The highest BCUT2D eigenvalue weighted by Crippen LogP contribution is 2.36. The van der Waals surface area contributed by atoms with E-state index in [2.05, 4.69) is 32.1 Å². The Morgan fingerprint density at radius 1 is 1.13 bits per heavy atom. The van der Waals surface area contributed by atoms with E-state index in [1.54, 1.807) is 25.5 Å². The summed E-state index contributed by atoms with van der Waals surface area (Å²) in [5.41, 5.74) is 2.73. The van der Waals surface area contributed by atoms with Gasteiger partial charge in [-0.3, -0.25) is 9.69 Å². The summed E-state index contributed by atoms with van der Waals surface area (Å²) in [5, 5.41) is 6.90. The van der Waals surface area contributed by atoms with Crippen molar-refractivity contribution in [1.82, 2.24) is 14.9 Å². The number of carbonyl (C=O) groups is 1. The number of furan rings is 1. The van der Waals surface area contributed by atoms with Gasteiger partial charge in [-0.05, 0) is 42.5 Å². The summed E-state index contributed by atoms with van der Waals surface area (Å²) in [6, 6.07) is 13.0. The topological polar surface area (TPSA) is 111 Å². The van der Waals surface area contributed by atoms with Crippen molar-refractivity contribution in [2.24, 2.45) is 0 Å². The number of ether oxygens (including phenoxy) is 3. The maximum atomic E-state index is 12.2. The lowest BCUT2D eigenvalue weighted by Crippen LogP contribution is -2.38. The second kappa shape index (κ2) is 11.8. The minimum Gasteiger partial charge on any atom is -0.495 e. The number of benzene rings is 2. The number of rotatable bonds is 10. The van der Waals surface area contributed by atoms with E-state index in [-0.39, 0.29) is 5.91 Å². The summed E-state index contributed by atoms with van der Waals surface area (Å²) in [7, 11) is 1.61. The molecule has 0 spiro atoms. The zero-order chi connectivity index (χ0) is 26.3. The van der Waals surface area contributed by atoms with E-state index in [9.17, 15) is 4.79 Å². The first kappa shape index (κ1) is 25.2. The van der Waals surface area contributed by atoms with Crippen molar-refractivity contribution in [3.05, 3.63) is 67.7 Å². The number of methoxy groups -OCH3 is 1. The van der Waals surface area contributed by atoms with Gasteiger partial charge < -0.3 is 29.3 Å². The Bertz CT molecular complexity index is 1420. The van der Waals surface area contributed by atoms with E-state index in [1.807, 2.05) is 30.3 Å². The molecule has 1 fully saturated rings. The largest absolute Gasteiger partial charge is 0.495 e. The summed E-state index contributed by atoms with van der Waals surface area (Å²) in [6.45, 7) is 7.95. The number of nitrogens with zero attached hydrogens (tertiary/aromatic N) is 3. The first-order chi connectivity index (χ1) is 18.6. The Balaban J connectivity index is 1.46. The molecule has 2 aromatic carbocycles. The summed E-state index contributed by atoms with van der Waals surface area (Å²) >= 11 is 0. The lowest BCUT2D eigenvalue weighted by molar-refractivity contribution is -0.111. The van der Waals surface area contributed by atoms with Crippen molar-refractivity contribution < 1.29 is 23.4 Å². The average molecular weight is 516 g/mol. The number of anilines is 3. The van der Waals surface area contributed by atoms with Crippen LogP contribution in [0.1, 0.15) is 0 Å². The van der Waals surface area contributed by atoms with Gasteiger partial charge in [0.15, 0.2) is 0 Å². The average Bonchev–Trinajstić information content (AvgIpc) is 3.49. The molecule has 38 heavy (non-hydrogen) atoms. The monoisotopic (exact) mass is 515 g/mol. The van der Waals surface area contributed by atoms with E-state index in [1.165, 1.54) is 12.4 Å². The third-order valence-electron chi connectivity index (χ3n) is 6.21. The molecule has 0 bridgehead atoms. The van der Waals surface area contributed by atoms with Gasteiger partial charge in [0.2, 0.25) is 5.91 Å². The van der Waals surface area contributed by atoms with Crippen molar-refractivity contribution in [3.8, 4) is 22.8 Å². The fourth-order valence-electron chi connectivity index (χ4n) is 4.22. The molecule has 0 radical (unpaired) electrons. The molecule has 2 N–H and O–H groups in total. The molecular weight excluding hydrogens is 486 g/mol. The Labute approximate surface area is 220 Å². The van der Waals surface area contributed by atoms with Crippen LogP contribution < -0.4 is 20.1 Å². The smallest absolute Gasteiger partial charge is 0.247 e. The number of carbonyl (C=O) groups excluding carboxylic acids is 1. The zero-order valence-corrected chi connectivity index (χ0v) is 21.1. The molecule has 1 aliphatic rings. The molecule has 10 nitrogen and oxygen atoms in total. The van der Waals surface area contributed by atoms with Gasteiger partial charge in [0.1, 0.15) is 36.0 Å². The van der Waals surface area contributed by atoms with Gasteiger partial charge in [0.05, 0.1) is 43.5 Å². The molecule has 10 heteroatoms. The number of hydrogen-bond donors (Lipinski definition) is 2. The third-order valence-corrected chi connectivity index (χ3v) is 6.21. The van der Waals surface area contributed by atoms with E-state index < -0.39 is 0 Å². The van der Waals surface area contributed by atoms with Gasteiger partial charge in [0.25, 0.3) is 0 Å². The Morgan fingerprint density at radius 3 is 2.76 bits per heavy atom. The fraction of sp³-hybridized carbons (Fsp3) is 0.250. The number of amides is 1. The number of fused-ring (bicyclic) bond motifs is 1. The molecule has 4 aromatic rings. The minimum atomic E-state index is -0.346. The lowest BCUT2D eigenvalue weighted by atomic mass is 10.1. The van der Waals surface area contributed by atoms with Crippen LogP contribution in [0.25, 0.3) is 22.2 Å². The van der Waals surface area contributed by atoms with Crippen molar-refractivity contribution >= 4 is 34.0 Å². The Kier molecular flexibility index (Phi) is 7.81. The highest BCUT2D eigenvalue weighted by Gasteiger charge is 2.16. The molecule has 0 atom stereocenters. The Hall–Kier alpha value is -4.41. The van der Waals surface area contributed by atoms with Crippen LogP contribution in [0.4, 0.5) is 17.2 Å². The number of morpholine rings is 1. The van der Waals surface area contributed by atoms with Gasteiger partial charge in [0, 0.05) is 36.7 Å². The van der Waals surface area contributed by atoms with Crippen LogP contribution in [0.15, 0.2) is 72.1 Å². The number of aromatic nitrogens is 2. The lowest BCUT2D eigenvalue weighted by Gasteiger charge is -2.26. The van der Waals surface area contributed by atoms with Crippen LogP contribution in [0, 0.1) is 0 Å². The first-order valence-corrected chi connectivity index (χ1v) is 12.3. The molecule has 0 unspecified atom stereocenters. The van der Waals surface area contributed by atoms with Gasteiger partial charge in [-0.1, -0.05) is 6.58 Å². The highest BCUT2D eigenvalue weighted by molar-refractivity contribution is 6.03. The molecule has 5 rings (SSSR count). The van der Waals surface area contributed by atoms with Crippen molar-refractivity contribution in [3.63, 3.8) is 0 Å². The van der Waals surface area contributed by atoms with Crippen molar-refractivity contribution in [2.45, 2.75) is 0 Å². The SMILES string of the molecule is C=CC(=O)Nc1cc2c(Nc3cc(-c4ccco4)ccc3OC)ncnc2cc1OCCN1CCOCC1. The number of hydrogen-bond acceptors (Lipinski definition) is 9. The molecule has 1 saturated heterocycles. The maximum Gasteiger partial charge on any atom is 0.247 e. The molecule has 1 aliphatic heterocycles. The standard InChI is InChI=1S/C28H29N5O5/c1-3-27(34)31-23-16-20-21(17-26(23)38-14-10-33-8-12-36-13-9-33)29-18-30-28(20)32-22-15-19(6-7-25(22)35-2)24-5-4-11-37-24/h3-7,11,15-18H,1,8-10,12-14H2,2H3,(H,31,34)(H,29,30,32). The fourth-order valence-corrected chi connectivity index (χ4v) is 4.22. The van der Waals surface area contributed by atoms with Crippen LogP contribution in [-0.2, 0) is 9.53 Å². The van der Waals surface area contributed by atoms with Crippen LogP contribution in [0.5, 0.6) is 11.5 Å². The first-order valence-electron chi connectivity index (χ1n) is 12.3. The maximum absolute atomic E-state index is 12.2. The van der Waals surface area contributed by atoms with Crippen molar-refractivity contribution in [1.29, 1.82) is 0 Å². The van der Waals surface area contributed by atoms with Gasteiger partial charge in [-0.25, -0.2) is 9.97 Å². The second-order valence-electron chi connectivity index (χ2n) is 8.60. The van der Waals surface area contributed by atoms with E-state index in [0.717, 1.165) is 44.2 Å². The normalized spacial score (nSPS) is 13.7. The molecule has 1 amide bonds. The quantitative estimate of drug-likeness (QED) is 0.295. The van der Waals surface area contributed by atoms with Crippen molar-refractivity contribution in [2.75, 3.05) is 57.2 Å². The van der Waals surface area contributed by atoms with Crippen LogP contribution >= 0.6 is 0 Å². The summed E-state index contributed by atoms with van der Waals surface area (Å²) in [6.07, 6.45) is 4.32. The highest BCUT2D eigenvalue weighted by atomic mass is 16.5. The molecule has 0 aliphatic carbocycles. The molecular formula is C28H29N5O5. The van der Waals surface area contributed by atoms with Crippen LogP contribution in [-0.4, -0.2) is 67.3 Å². The Morgan fingerprint density at radius 2 is 2.00 bits per heavy atom. The van der Waals surface area contributed by atoms with E-state index in [4.69, 9.17) is 18.6 Å². The van der Waals surface area contributed by atoms with Gasteiger partial charge >= 0.3 is 0 Å².